The molecule has 1 fully saturated rings. The first-order valence-electron chi connectivity index (χ1n) is 8.29. The van der Waals surface area contributed by atoms with Gasteiger partial charge in [0.1, 0.15) is 0 Å². The smallest absolute Gasteiger partial charge is 0.229 e. The minimum atomic E-state index is 0.0946. The molecule has 0 spiro atoms. The maximum absolute atomic E-state index is 12.3. The van der Waals surface area contributed by atoms with Gasteiger partial charge in [0.15, 0.2) is 10.9 Å². The van der Waals surface area contributed by atoms with Crippen LogP contribution in [0.2, 0.25) is 0 Å². The Morgan fingerprint density at radius 3 is 2.79 bits per heavy atom. The minimum absolute atomic E-state index is 0.0946. The summed E-state index contributed by atoms with van der Waals surface area (Å²) in [5.41, 5.74) is 1.82. The summed E-state index contributed by atoms with van der Waals surface area (Å²) in [6.45, 7) is 1.97. The summed E-state index contributed by atoms with van der Waals surface area (Å²) in [4.78, 5) is 32.1. The third-order valence-corrected chi connectivity index (χ3v) is 5.45. The second-order valence-corrected chi connectivity index (χ2v) is 7.49. The molecular formula is C18H19N3O2S. The first-order valence-corrected chi connectivity index (χ1v) is 9.11. The third kappa shape index (κ3) is 3.39. The van der Waals surface area contributed by atoms with E-state index in [1.807, 2.05) is 30.3 Å². The molecule has 0 bridgehead atoms. The summed E-state index contributed by atoms with van der Waals surface area (Å²) in [6, 6.07) is 9.41. The van der Waals surface area contributed by atoms with Crippen LogP contribution in [0.4, 0.5) is 5.13 Å². The Labute approximate surface area is 144 Å². The van der Waals surface area contributed by atoms with E-state index in [-0.39, 0.29) is 17.6 Å². The Kier molecular flexibility index (Phi) is 4.16. The lowest BCUT2D eigenvalue weighted by Gasteiger charge is -2.24. The van der Waals surface area contributed by atoms with Crippen molar-refractivity contribution in [1.29, 1.82) is 0 Å². The Hall–Kier alpha value is -2.05. The van der Waals surface area contributed by atoms with Crippen molar-refractivity contribution in [2.45, 2.75) is 25.8 Å². The van der Waals surface area contributed by atoms with E-state index in [0.29, 0.717) is 11.7 Å². The van der Waals surface area contributed by atoms with Gasteiger partial charge in [-0.05, 0) is 12.8 Å². The molecule has 1 aromatic heterocycles. The average molecular weight is 341 g/mol. The van der Waals surface area contributed by atoms with Gasteiger partial charge in [0.2, 0.25) is 5.91 Å². The fourth-order valence-electron chi connectivity index (χ4n) is 2.91. The maximum atomic E-state index is 12.3. The Morgan fingerprint density at radius 2 is 2.04 bits per heavy atom. The number of carbonyl (C=O) groups excluding carboxylic acids is 2. The van der Waals surface area contributed by atoms with Crippen molar-refractivity contribution in [2.75, 3.05) is 18.4 Å². The van der Waals surface area contributed by atoms with Gasteiger partial charge >= 0.3 is 0 Å². The predicted octanol–water partition coefficient (Wildman–Crippen LogP) is 2.73. The van der Waals surface area contributed by atoms with Gasteiger partial charge in [-0.3, -0.25) is 14.5 Å². The highest BCUT2D eigenvalue weighted by molar-refractivity contribution is 7.15. The van der Waals surface area contributed by atoms with E-state index in [4.69, 9.17) is 0 Å². The molecule has 1 aromatic carbocycles. The Balaban J connectivity index is 1.39. The number of carbonyl (C=O) groups is 2. The molecule has 1 N–H and O–H groups in total. The SMILES string of the molecule is O=C(CN1CCc2nc(NC(=O)C3CC3)sc2C1)c1ccccc1. The zero-order valence-corrected chi connectivity index (χ0v) is 14.1. The number of hydrogen-bond acceptors (Lipinski definition) is 5. The number of benzene rings is 1. The van der Waals surface area contributed by atoms with Crippen LogP contribution in [-0.4, -0.2) is 34.7 Å². The number of hydrogen-bond donors (Lipinski definition) is 1. The van der Waals surface area contributed by atoms with Gasteiger partial charge < -0.3 is 5.32 Å². The van der Waals surface area contributed by atoms with Crippen LogP contribution in [0, 0.1) is 5.92 Å². The molecule has 0 saturated heterocycles. The third-order valence-electron chi connectivity index (χ3n) is 4.45. The van der Waals surface area contributed by atoms with Crippen LogP contribution in [-0.2, 0) is 17.8 Å². The number of amides is 1. The number of rotatable bonds is 5. The van der Waals surface area contributed by atoms with Crippen molar-refractivity contribution in [3.8, 4) is 0 Å². The highest BCUT2D eigenvalue weighted by atomic mass is 32.1. The molecule has 1 aliphatic carbocycles. The summed E-state index contributed by atoms with van der Waals surface area (Å²) >= 11 is 1.54. The normalized spacial score (nSPS) is 17.3. The van der Waals surface area contributed by atoms with Crippen LogP contribution < -0.4 is 5.32 Å². The molecule has 6 heteroatoms. The number of fused-ring (bicyclic) bond motifs is 1. The molecule has 124 valence electrons. The van der Waals surface area contributed by atoms with Gasteiger partial charge in [0.05, 0.1) is 12.2 Å². The molecule has 0 unspecified atom stereocenters. The molecule has 0 radical (unpaired) electrons. The molecular weight excluding hydrogens is 322 g/mol. The topological polar surface area (TPSA) is 62.3 Å². The number of Topliss-reactive ketones (excluding diaryl/α,β-unsaturated/α-hetero) is 1. The zero-order chi connectivity index (χ0) is 16.5. The van der Waals surface area contributed by atoms with Gasteiger partial charge in [0.25, 0.3) is 0 Å². The highest BCUT2D eigenvalue weighted by Gasteiger charge is 2.31. The van der Waals surface area contributed by atoms with E-state index in [2.05, 4.69) is 15.2 Å². The summed E-state index contributed by atoms with van der Waals surface area (Å²) in [7, 11) is 0. The van der Waals surface area contributed by atoms with E-state index in [1.165, 1.54) is 11.3 Å². The quantitative estimate of drug-likeness (QED) is 0.850. The highest BCUT2D eigenvalue weighted by Crippen LogP contribution is 2.32. The lowest BCUT2D eigenvalue weighted by molar-refractivity contribution is -0.117. The van der Waals surface area contributed by atoms with Gasteiger partial charge in [-0.25, -0.2) is 4.98 Å². The summed E-state index contributed by atoms with van der Waals surface area (Å²) in [5, 5.41) is 3.63. The number of aromatic nitrogens is 1. The van der Waals surface area contributed by atoms with E-state index >= 15 is 0 Å². The lowest BCUT2D eigenvalue weighted by Crippen LogP contribution is -2.34. The predicted molar refractivity (Wildman–Crippen MR) is 93.2 cm³/mol. The average Bonchev–Trinajstić information content (AvgIpc) is 3.37. The second kappa shape index (κ2) is 6.45. The van der Waals surface area contributed by atoms with Crippen molar-refractivity contribution in [2.24, 2.45) is 5.92 Å². The Morgan fingerprint density at radius 1 is 1.25 bits per heavy atom. The summed E-state index contributed by atoms with van der Waals surface area (Å²) in [5.74, 6) is 0.425. The number of nitrogens with zero attached hydrogens (tertiary/aromatic N) is 2. The molecule has 1 saturated carbocycles. The zero-order valence-electron chi connectivity index (χ0n) is 13.3. The molecule has 1 amide bonds. The molecule has 5 nitrogen and oxygen atoms in total. The van der Waals surface area contributed by atoms with Crippen LogP contribution in [0.15, 0.2) is 30.3 Å². The molecule has 1 aliphatic heterocycles. The van der Waals surface area contributed by atoms with Gasteiger partial charge in [-0.15, -0.1) is 11.3 Å². The number of anilines is 1. The number of nitrogens with one attached hydrogen (secondary N) is 1. The molecule has 2 aromatic rings. The number of ketones is 1. The molecule has 2 aliphatic rings. The fourth-order valence-corrected chi connectivity index (χ4v) is 3.96. The molecule has 4 rings (SSSR count). The van der Waals surface area contributed by atoms with Crippen molar-refractivity contribution < 1.29 is 9.59 Å². The summed E-state index contributed by atoms with van der Waals surface area (Å²) < 4.78 is 0. The van der Waals surface area contributed by atoms with Crippen LogP contribution in [0.1, 0.15) is 33.8 Å². The van der Waals surface area contributed by atoms with Crippen molar-refractivity contribution in [1.82, 2.24) is 9.88 Å². The fraction of sp³-hybridized carbons (Fsp3) is 0.389. The monoisotopic (exact) mass is 341 g/mol. The minimum Gasteiger partial charge on any atom is -0.302 e. The molecule has 24 heavy (non-hydrogen) atoms. The van der Waals surface area contributed by atoms with Crippen LogP contribution in [0.3, 0.4) is 0 Å². The van der Waals surface area contributed by atoms with E-state index in [1.54, 1.807) is 0 Å². The van der Waals surface area contributed by atoms with Gasteiger partial charge in [-0.2, -0.15) is 0 Å². The standard InChI is InChI=1S/C18H19N3O2S/c22-15(12-4-2-1-3-5-12)10-21-9-8-14-16(11-21)24-18(19-14)20-17(23)13-6-7-13/h1-5,13H,6-11H2,(H,19,20,23). The lowest BCUT2D eigenvalue weighted by atomic mass is 10.1. The van der Waals surface area contributed by atoms with Crippen molar-refractivity contribution in [3.63, 3.8) is 0 Å². The molecule has 0 atom stereocenters. The molecule has 2 heterocycles. The van der Waals surface area contributed by atoms with E-state index in [9.17, 15) is 9.59 Å². The maximum Gasteiger partial charge on any atom is 0.229 e. The first-order chi connectivity index (χ1) is 11.7. The van der Waals surface area contributed by atoms with Crippen molar-refractivity contribution in [3.05, 3.63) is 46.5 Å². The van der Waals surface area contributed by atoms with Crippen LogP contribution in [0.5, 0.6) is 0 Å². The van der Waals surface area contributed by atoms with Crippen molar-refractivity contribution >= 4 is 28.2 Å². The first kappa shape index (κ1) is 15.5. The second-order valence-electron chi connectivity index (χ2n) is 6.40. The number of thiazole rings is 1. The van der Waals surface area contributed by atoms with Crippen LogP contribution in [0.25, 0.3) is 0 Å². The van der Waals surface area contributed by atoms with Gasteiger partial charge in [0, 0.05) is 35.9 Å². The van der Waals surface area contributed by atoms with Gasteiger partial charge in [-0.1, -0.05) is 30.3 Å². The van der Waals surface area contributed by atoms with E-state index < -0.39 is 0 Å². The Bertz CT molecular complexity index is 768. The van der Waals surface area contributed by atoms with E-state index in [0.717, 1.165) is 48.5 Å². The van der Waals surface area contributed by atoms with Crippen LogP contribution >= 0.6 is 11.3 Å². The summed E-state index contributed by atoms with van der Waals surface area (Å²) in [6.07, 6.45) is 2.81. The largest absolute Gasteiger partial charge is 0.302 e.